The zero-order valence-electron chi connectivity index (χ0n) is 11.9. The van der Waals surface area contributed by atoms with E-state index < -0.39 is 5.97 Å². The van der Waals surface area contributed by atoms with Crippen molar-refractivity contribution in [2.45, 2.75) is 20.3 Å². The van der Waals surface area contributed by atoms with E-state index in [4.69, 9.17) is 9.52 Å². The normalized spacial score (nSPS) is 17.0. The van der Waals surface area contributed by atoms with E-state index >= 15 is 0 Å². The second-order valence-electron chi connectivity index (χ2n) is 5.14. The van der Waals surface area contributed by atoms with Crippen LogP contribution >= 0.6 is 0 Å². The summed E-state index contributed by atoms with van der Waals surface area (Å²) in [5, 5.41) is 8.82. The topological polar surface area (TPSA) is 74.0 Å². The Morgan fingerprint density at radius 3 is 2.60 bits per heavy atom. The summed E-state index contributed by atoms with van der Waals surface area (Å²) in [5.74, 6) is 0.509. The summed E-state index contributed by atoms with van der Waals surface area (Å²) in [6.07, 6.45) is 0.787. The Labute approximate surface area is 118 Å². The summed E-state index contributed by atoms with van der Waals surface area (Å²) in [4.78, 5) is 26.8. The fourth-order valence-electron chi connectivity index (χ4n) is 2.54. The average molecular weight is 280 g/mol. The number of carboxylic acids is 1. The van der Waals surface area contributed by atoms with Gasteiger partial charge in [-0.2, -0.15) is 0 Å². The van der Waals surface area contributed by atoms with Gasteiger partial charge in [-0.1, -0.05) is 0 Å². The van der Waals surface area contributed by atoms with Gasteiger partial charge in [0.05, 0.1) is 12.1 Å². The molecule has 1 saturated heterocycles. The average Bonchev–Trinajstić information content (AvgIpc) is 2.58. The Balaban J connectivity index is 2.01. The van der Waals surface area contributed by atoms with Gasteiger partial charge in [0.25, 0.3) is 5.91 Å². The van der Waals surface area contributed by atoms with E-state index in [0.717, 1.165) is 12.2 Å². The maximum atomic E-state index is 12.4. The van der Waals surface area contributed by atoms with E-state index in [1.54, 1.807) is 17.9 Å². The number of furan rings is 1. The summed E-state index contributed by atoms with van der Waals surface area (Å²) in [7, 11) is 0. The van der Waals surface area contributed by atoms with E-state index in [2.05, 4.69) is 0 Å². The van der Waals surface area contributed by atoms with Crippen LogP contribution in [0.1, 0.15) is 28.3 Å². The molecular weight excluding hydrogens is 260 g/mol. The van der Waals surface area contributed by atoms with Gasteiger partial charge in [0.1, 0.15) is 11.5 Å². The molecule has 1 aromatic heterocycles. The second kappa shape index (κ2) is 6.09. The number of carbonyl (C=O) groups is 2. The maximum absolute atomic E-state index is 12.4. The third-order valence-electron chi connectivity index (χ3n) is 3.51. The molecule has 0 bridgehead atoms. The molecule has 0 aromatic carbocycles. The van der Waals surface area contributed by atoms with Gasteiger partial charge in [-0.3, -0.25) is 14.5 Å². The fourth-order valence-corrected chi connectivity index (χ4v) is 2.54. The minimum Gasteiger partial charge on any atom is -0.480 e. The molecule has 1 fully saturated rings. The molecule has 1 aliphatic heterocycles. The number of hydrogen-bond donors (Lipinski definition) is 1. The molecule has 1 N–H and O–H groups in total. The van der Waals surface area contributed by atoms with Crippen LogP contribution in [0.5, 0.6) is 0 Å². The molecule has 0 aliphatic carbocycles. The molecule has 1 aromatic rings. The predicted octanol–water partition coefficient (Wildman–Crippen LogP) is 1.13. The number of carboxylic acid groups (broad SMARTS) is 1. The van der Waals surface area contributed by atoms with Gasteiger partial charge in [0.15, 0.2) is 0 Å². The Morgan fingerprint density at radius 1 is 1.25 bits per heavy atom. The summed E-state index contributed by atoms with van der Waals surface area (Å²) >= 11 is 0. The van der Waals surface area contributed by atoms with Crippen molar-refractivity contribution in [2.75, 3.05) is 32.7 Å². The van der Waals surface area contributed by atoms with Crippen molar-refractivity contribution in [3.63, 3.8) is 0 Å². The fraction of sp³-hybridized carbons (Fsp3) is 0.571. The lowest BCUT2D eigenvalue weighted by atomic mass is 10.2. The van der Waals surface area contributed by atoms with Crippen LogP contribution in [-0.2, 0) is 4.79 Å². The number of amides is 1. The van der Waals surface area contributed by atoms with Gasteiger partial charge in [0.2, 0.25) is 0 Å². The molecule has 1 amide bonds. The minimum absolute atomic E-state index is 0.0310. The molecular formula is C14H20N2O4. The third kappa shape index (κ3) is 3.39. The smallest absolute Gasteiger partial charge is 0.317 e. The molecule has 2 heterocycles. The molecule has 20 heavy (non-hydrogen) atoms. The Morgan fingerprint density at radius 2 is 2.00 bits per heavy atom. The monoisotopic (exact) mass is 280 g/mol. The molecule has 1 aliphatic rings. The quantitative estimate of drug-likeness (QED) is 0.898. The van der Waals surface area contributed by atoms with Gasteiger partial charge in [-0.05, 0) is 26.3 Å². The van der Waals surface area contributed by atoms with Gasteiger partial charge in [-0.25, -0.2) is 0 Å². The number of nitrogens with zero attached hydrogens (tertiary/aromatic N) is 2. The minimum atomic E-state index is -0.828. The first-order valence-electron chi connectivity index (χ1n) is 6.78. The number of aliphatic carboxylic acids is 1. The lowest BCUT2D eigenvalue weighted by Crippen LogP contribution is -2.36. The Bertz CT molecular complexity index is 509. The van der Waals surface area contributed by atoms with Crippen molar-refractivity contribution in [2.24, 2.45) is 0 Å². The van der Waals surface area contributed by atoms with Gasteiger partial charge >= 0.3 is 5.97 Å². The van der Waals surface area contributed by atoms with E-state index in [9.17, 15) is 9.59 Å². The SMILES string of the molecule is Cc1cc(C(=O)N2CCCN(CC(=O)O)CC2)c(C)o1. The molecule has 6 heteroatoms. The number of hydrogen-bond acceptors (Lipinski definition) is 4. The first kappa shape index (κ1) is 14.6. The zero-order chi connectivity index (χ0) is 14.7. The summed E-state index contributed by atoms with van der Waals surface area (Å²) in [6.45, 7) is 6.14. The first-order valence-corrected chi connectivity index (χ1v) is 6.78. The van der Waals surface area contributed by atoms with Crippen LogP contribution in [0.15, 0.2) is 10.5 Å². The standard InChI is InChI=1S/C14H20N2O4/c1-10-8-12(11(2)20-10)14(19)16-5-3-4-15(6-7-16)9-13(17)18/h8H,3-7,9H2,1-2H3,(H,17,18). The van der Waals surface area contributed by atoms with Crippen molar-refractivity contribution in [1.82, 2.24) is 9.80 Å². The number of rotatable bonds is 3. The van der Waals surface area contributed by atoms with Crippen molar-refractivity contribution in [1.29, 1.82) is 0 Å². The highest BCUT2D eigenvalue weighted by atomic mass is 16.4. The van der Waals surface area contributed by atoms with Crippen molar-refractivity contribution < 1.29 is 19.1 Å². The van der Waals surface area contributed by atoms with Crippen molar-refractivity contribution >= 4 is 11.9 Å². The molecule has 0 saturated carbocycles. The van der Waals surface area contributed by atoms with Crippen molar-refractivity contribution in [3.05, 3.63) is 23.2 Å². The zero-order valence-corrected chi connectivity index (χ0v) is 11.9. The lowest BCUT2D eigenvalue weighted by Gasteiger charge is -2.20. The highest BCUT2D eigenvalue weighted by molar-refractivity contribution is 5.95. The molecule has 2 rings (SSSR count). The van der Waals surface area contributed by atoms with Crippen LogP contribution in [0, 0.1) is 13.8 Å². The molecule has 0 radical (unpaired) electrons. The van der Waals surface area contributed by atoms with Crippen LogP contribution in [0.25, 0.3) is 0 Å². The van der Waals surface area contributed by atoms with E-state index in [1.807, 2.05) is 11.8 Å². The Kier molecular flexibility index (Phi) is 4.44. The third-order valence-corrected chi connectivity index (χ3v) is 3.51. The van der Waals surface area contributed by atoms with Crippen LogP contribution in [0.3, 0.4) is 0 Å². The highest BCUT2D eigenvalue weighted by Crippen LogP contribution is 2.17. The largest absolute Gasteiger partial charge is 0.480 e. The molecule has 0 unspecified atom stereocenters. The Hall–Kier alpha value is -1.82. The molecule has 6 nitrogen and oxygen atoms in total. The van der Waals surface area contributed by atoms with Gasteiger partial charge in [0, 0.05) is 26.2 Å². The summed E-state index contributed by atoms with van der Waals surface area (Å²) in [6, 6.07) is 1.76. The van der Waals surface area contributed by atoms with E-state index in [-0.39, 0.29) is 12.5 Å². The first-order chi connectivity index (χ1) is 9.47. The van der Waals surface area contributed by atoms with Crippen molar-refractivity contribution in [3.8, 4) is 0 Å². The van der Waals surface area contributed by atoms with Crippen LogP contribution in [-0.4, -0.2) is 59.5 Å². The second-order valence-corrected chi connectivity index (χ2v) is 5.14. The maximum Gasteiger partial charge on any atom is 0.317 e. The van der Waals surface area contributed by atoms with E-state index in [1.165, 1.54) is 0 Å². The number of aryl methyl sites for hydroxylation is 2. The molecule has 0 spiro atoms. The van der Waals surface area contributed by atoms with Gasteiger partial charge < -0.3 is 14.4 Å². The van der Waals surface area contributed by atoms with Crippen LogP contribution in [0.4, 0.5) is 0 Å². The number of carbonyl (C=O) groups excluding carboxylic acids is 1. The summed E-state index contributed by atoms with van der Waals surface area (Å²) < 4.78 is 5.40. The molecule has 0 atom stereocenters. The van der Waals surface area contributed by atoms with Crippen LogP contribution in [0.2, 0.25) is 0 Å². The molecule has 110 valence electrons. The summed E-state index contributed by atoms with van der Waals surface area (Å²) in [5.41, 5.74) is 0.606. The van der Waals surface area contributed by atoms with E-state index in [0.29, 0.717) is 37.5 Å². The van der Waals surface area contributed by atoms with Crippen LogP contribution < -0.4 is 0 Å². The van der Waals surface area contributed by atoms with Gasteiger partial charge in [-0.15, -0.1) is 0 Å². The lowest BCUT2D eigenvalue weighted by molar-refractivity contribution is -0.138. The predicted molar refractivity (Wildman–Crippen MR) is 72.8 cm³/mol. The highest BCUT2D eigenvalue weighted by Gasteiger charge is 2.23.